The molecule has 0 bridgehead atoms. The average molecular weight is 308 g/mol. The Morgan fingerprint density at radius 2 is 2.17 bits per heavy atom. The summed E-state index contributed by atoms with van der Waals surface area (Å²) in [4.78, 5) is 7.00. The van der Waals surface area contributed by atoms with E-state index in [4.69, 9.17) is 0 Å². The van der Waals surface area contributed by atoms with Gasteiger partial charge in [-0.3, -0.25) is 0 Å². The number of piperidine rings is 1. The minimum absolute atomic E-state index is 0.783. The molecular weight excluding hydrogens is 290 g/mol. The number of hydrogen-bond donors (Lipinski definition) is 0. The van der Waals surface area contributed by atoms with Crippen LogP contribution in [-0.2, 0) is 6.42 Å². The number of aromatic nitrogens is 2. The van der Waals surface area contributed by atoms with E-state index < -0.39 is 0 Å². The number of rotatable bonds is 2. The van der Waals surface area contributed by atoms with E-state index in [0.29, 0.717) is 0 Å². The van der Waals surface area contributed by atoms with Crippen molar-refractivity contribution in [2.45, 2.75) is 19.3 Å². The molecule has 3 nitrogen and oxygen atoms in total. The monoisotopic (exact) mass is 307 g/mol. The summed E-state index contributed by atoms with van der Waals surface area (Å²) in [5, 5.41) is 0. The highest BCUT2D eigenvalue weighted by atomic mass is 79.9. The van der Waals surface area contributed by atoms with Crippen LogP contribution in [0.25, 0.3) is 5.52 Å². The lowest BCUT2D eigenvalue weighted by Gasteiger charge is -2.28. The molecule has 1 fully saturated rings. The van der Waals surface area contributed by atoms with Crippen LogP contribution in [0.1, 0.15) is 18.7 Å². The van der Waals surface area contributed by atoms with Gasteiger partial charge < -0.3 is 9.30 Å². The van der Waals surface area contributed by atoms with Crippen LogP contribution < -0.4 is 0 Å². The second-order valence-corrected chi connectivity index (χ2v) is 6.09. The van der Waals surface area contributed by atoms with E-state index in [1.54, 1.807) is 0 Å². The van der Waals surface area contributed by atoms with E-state index in [1.807, 2.05) is 6.20 Å². The number of hydrogen-bond acceptors (Lipinski definition) is 2. The maximum absolute atomic E-state index is 4.59. The molecule has 4 heteroatoms. The Morgan fingerprint density at radius 1 is 1.39 bits per heavy atom. The van der Waals surface area contributed by atoms with Crippen LogP contribution in [0, 0.1) is 5.92 Å². The molecule has 2 aromatic heterocycles. The molecule has 0 radical (unpaired) electrons. The fourth-order valence-corrected chi connectivity index (χ4v) is 3.16. The highest BCUT2D eigenvalue weighted by Crippen LogP contribution is 2.23. The summed E-state index contributed by atoms with van der Waals surface area (Å²) in [6, 6.07) is 4.13. The van der Waals surface area contributed by atoms with Crippen molar-refractivity contribution in [1.82, 2.24) is 14.3 Å². The zero-order valence-corrected chi connectivity index (χ0v) is 12.2. The molecular formula is C14H18BrN3. The van der Waals surface area contributed by atoms with Crippen LogP contribution in [0.4, 0.5) is 0 Å². The summed E-state index contributed by atoms with van der Waals surface area (Å²) in [6.45, 7) is 2.44. The first-order chi connectivity index (χ1) is 8.74. The lowest BCUT2D eigenvalue weighted by Crippen LogP contribution is -2.31. The molecule has 0 amide bonds. The van der Waals surface area contributed by atoms with Crippen LogP contribution in [0.2, 0.25) is 0 Å². The third-order valence-corrected chi connectivity index (χ3v) is 4.58. The van der Waals surface area contributed by atoms with Crippen molar-refractivity contribution >= 4 is 21.4 Å². The minimum Gasteiger partial charge on any atom is -0.306 e. The summed E-state index contributed by atoms with van der Waals surface area (Å²) >= 11 is 3.58. The van der Waals surface area contributed by atoms with E-state index in [-0.39, 0.29) is 0 Å². The highest BCUT2D eigenvalue weighted by Gasteiger charge is 2.19. The molecule has 0 spiro atoms. The molecule has 96 valence electrons. The predicted molar refractivity (Wildman–Crippen MR) is 76.8 cm³/mol. The van der Waals surface area contributed by atoms with E-state index in [0.717, 1.165) is 16.8 Å². The number of fused-ring (bicyclic) bond motifs is 1. The lowest BCUT2D eigenvalue weighted by molar-refractivity contribution is 0.217. The van der Waals surface area contributed by atoms with Crippen molar-refractivity contribution in [3.8, 4) is 0 Å². The molecule has 18 heavy (non-hydrogen) atoms. The number of likely N-dealkylation sites (tertiary alicyclic amines) is 1. The first kappa shape index (κ1) is 12.2. The number of imidazole rings is 1. The predicted octanol–water partition coefficient (Wildman–Crippen LogP) is 2.98. The summed E-state index contributed by atoms with van der Waals surface area (Å²) in [5.41, 5.74) is 1.17. The quantitative estimate of drug-likeness (QED) is 0.850. The third kappa shape index (κ3) is 2.31. The van der Waals surface area contributed by atoms with Gasteiger partial charge in [0, 0.05) is 17.1 Å². The SMILES string of the molecule is CN1CCC(Cc2ncc3c(Br)cccn23)CC1. The van der Waals surface area contributed by atoms with E-state index >= 15 is 0 Å². The Hall–Kier alpha value is -0.870. The van der Waals surface area contributed by atoms with E-state index in [1.165, 1.54) is 37.3 Å². The number of pyridine rings is 1. The Morgan fingerprint density at radius 3 is 2.94 bits per heavy atom. The van der Waals surface area contributed by atoms with Crippen LogP contribution >= 0.6 is 15.9 Å². The van der Waals surface area contributed by atoms with Gasteiger partial charge in [0.05, 0.1) is 11.7 Å². The zero-order valence-electron chi connectivity index (χ0n) is 10.6. The molecule has 1 aliphatic heterocycles. The summed E-state index contributed by atoms with van der Waals surface area (Å²) in [7, 11) is 2.21. The molecule has 0 N–H and O–H groups in total. The van der Waals surface area contributed by atoms with E-state index in [9.17, 15) is 0 Å². The zero-order chi connectivity index (χ0) is 12.5. The van der Waals surface area contributed by atoms with E-state index in [2.05, 4.69) is 55.6 Å². The van der Waals surface area contributed by atoms with Gasteiger partial charge in [-0.25, -0.2) is 4.98 Å². The smallest absolute Gasteiger partial charge is 0.113 e. The minimum atomic E-state index is 0.783. The summed E-state index contributed by atoms with van der Waals surface area (Å²) < 4.78 is 3.33. The maximum Gasteiger partial charge on any atom is 0.113 e. The van der Waals surface area contributed by atoms with Crippen molar-refractivity contribution in [1.29, 1.82) is 0 Å². The Labute approximate surface area is 116 Å². The van der Waals surface area contributed by atoms with Gasteiger partial charge in [0.2, 0.25) is 0 Å². The molecule has 0 atom stereocenters. The van der Waals surface area contributed by atoms with Crippen LogP contribution in [0.3, 0.4) is 0 Å². The summed E-state index contributed by atoms with van der Waals surface area (Å²) in [6.07, 6.45) is 7.75. The Bertz CT molecular complexity index is 541. The van der Waals surface area contributed by atoms with Gasteiger partial charge in [-0.2, -0.15) is 0 Å². The largest absolute Gasteiger partial charge is 0.306 e. The fourth-order valence-electron chi connectivity index (χ4n) is 2.72. The number of halogens is 1. The molecule has 0 saturated carbocycles. The third-order valence-electron chi connectivity index (χ3n) is 3.91. The van der Waals surface area contributed by atoms with Crippen molar-refractivity contribution < 1.29 is 0 Å². The van der Waals surface area contributed by atoms with Gasteiger partial charge in [-0.1, -0.05) is 0 Å². The lowest BCUT2D eigenvalue weighted by atomic mass is 9.93. The first-order valence-electron chi connectivity index (χ1n) is 6.53. The molecule has 3 rings (SSSR count). The van der Waals surface area contributed by atoms with Crippen LogP contribution in [-0.4, -0.2) is 34.4 Å². The summed E-state index contributed by atoms with van der Waals surface area (Å²) in [5.74, 6) is 1.98. The van der Waals surface area contributed by atoms with Crippen molar-refractivity contribution in [2.24, 2.45) is 5.92 Å². The molecule has 1 saturated heterocycles. The normalized spacial score (nSPS) is 18.6. The van der Waals surface area contributed by atoms with Crippen LogP contribution in [0.15, 0.2) is 29.0 Å². The first-order valence-corrected chi connectivity index (χ1v) is 7.32. The molecule has 1 aliphatic rings. The maximum atomic E-state index is 4.59. The Kier molecular flexibility index (Phi) is 3.39. The number of nitrogens with zero attached hydrogens (tertiary/aromatic N) is 3. The molecule has 3 heterocycles. The van der Waals surface area contributed by atoms with Gasteiger partial charge in [-0.15, -0.1) is 0 Å². The van der Waals surface area contributed by atoms with Gasteiger partial charge in [-0.05, 0) is 67.0 Å². The molecule has 0 aliphatic carbocycles. The van der Waals surface area contributed by atoms with Crippen molar-refractivity contribution in [2.75, 3.05) is 20.1 Å². The average Bonchev–Trinajstić information content (AvgIpc) is 2.77. The van der Waals surface area contributed by atoms with Gasteiger partial charge in [0.25, 0.3) is 0 Å². The Balaban J connectivity index is 1.81. The molecule has 0 unspecified atom stereocenters. The van der Waals surface area contributed by atoms with Crippen LogP contribution in [0.5, 0.6) is 0 Å². The second kappa shape index (κ2) is 5.02. The van der Waals surface area contributed by atoms with Gasteiger partial charge in [0.15, 0.2) is 0 Å². The molecule has 0 aromatic carbocycles. The second-order valence-electron chi connectivity index (χ2n) is 5.24. The topological polar surface area (TPSA) is 20.5 Å². The standard InChI is InChI=1S/C14H18BrN3/c1-17-7-4-11(5-8-17)9-14-16-10-13-12(15)3-2-6-18(13)14/h2-3,6,10-11H,4-5,7-9H2,1H3. The fraction of sp³-hybridized carbons (Fsp3) is 0.500. The molecule has 2 aromatic rings. The van der Waals surface area contributed by atoms with Gasteiger partial charge in [0.1, 0.15) is 5.82 Å². The highest BCUT2D eigenvalue weighted by molar-refractivity contribution is 9.10. The van der Waals surface area contributed by atoms with Gasteiger partial charge >= 0.3 is 0 Å². The van der Waals surface area contributed by atoms with Crippen molar-refractivity contribution in [3.05, 3.63) is 34.8 Å². The van der Waals surface area contributed by atoms with Crippen molar-refractivity contribution in [3.63, 3.8) is 0 Å².